The molecule has 1 atom stereocenters. The highest BCUT2D eigenvalue weighted by Gasteiger charge is 2.42. The molecule has 0 saturated carbocycles. The highest BCUT2D eigenvalue weighted by molar-refractivity contribution is 7.99. The number of benzene rings is 2. The van der Waals surface area contributed by atoms with Crippen molar-refractivity contribution in [3.8, 4) is 0 Å². The van der Waals surface area contributed by atoms with Gasteiger partial charge in [-0.2, -0.15) is 0 Å². The standard InChI is InChI=1S/C17H12N2O6S/c20-15-10-5-1-2-6-11(10)16(21)18(15)13(17(22)23)9-26-14-8-4-3-7-12(14)19(24)25/h1-8,13H,9H2,(H,22,23)/t13-/m0/s1. The van der Waals surface area contributed by atoms with E-state index in [1.165, 1.54) is 30.3 Å². The number of nitrogens with zero attached hydrogens (tertiary/aromatic N) is 2. The molecule has 2 aromatic carbocycles. The smallest absolute Gasteiger partial charge is 0.327 e. The van der Waals surface area contributed by atoms with Crippen LogP contribution in [0.4, 0.5) is 5.69 Å². The molecule has 0 radical (unpaired) electrons. The van der Waals surface area contributed by atoms with Crippen LogP contribution in [0.15, 0.2) is 53.4 Å². The fourth-order valence-corrected chi connectivity index (χ4v) is 3.74. The molecule has 1 aliphatic heterocycles. The van der Waals surface area contributed by atoms with E-state index in [0.717, 1.165) is 11.8 Å². The summed E-state index contributed by atoms with van der Waals surface area (Å²) in [6.07, 6.45) is 0. The lowest BCUT2D eigenvalue weighted by molar-refractivity contribution is -0.387. The molecule has 0 fully saturated rings. The summed E-state index contributed by atoms with van der Waals surface area (Å²) in [5, 5.41) is 20.6. The highest BCUT2D eigenvalue weighted by Crippen LogP contribution is 2.32. The molecule has 1 aliphatic rings. The molecular formula is C17H12N2O6S. The number of amides is 2. The predicted molar refractivity (Wildman–Crippen MR) is 92.2 cm³/mol. The van der Waals surface area contributed by atoms with Gasteiger partial charge in [0.25, 0.3) is 17.5 Å². The topological polar surface area (TPSA) is 118 Å². The van der Waals surface area contributed by atoms with Crippen LogP contribution in [0, 0.1) is 10.1 Å². The summed E-state index contributed by atoms with van der Waals surface area (Å²) < 4.78 is 0. The zero-order valence-corrected chi connectivity index (χ0v) is 14.0. The number of carbonyl (C=O) groups is 3. The number of nitro groups is 1. The Morgan fingerprint density at radius 1 is 1.08 bits per heavy atom. The van der Waals surface area contributed by atoms with Crippen molar-refractivity contribution in [2.45, 2.75) is 10.9 Å². The molecule has 0 aliphatic carbocycles. The number of rotatable bonds is 6. The van der Waals surface area contributed by atoms with E-state index in [2.05, 4.69) is 0 Å². The number of carbonyl (C=O) groups excluding carboxylic acids is 2. The second-order valence-electron chi connectivity index (χ2n) is 5.42. The lowest BCUT2D eigenvalue weighted by Crippen LogP contribution is -2.46. The van der Waals surface area contributed by atoms with Gasteiger partial charge in [-0.3, -0.25) is 24.6 Å². The van der Waals surface area contributed by atoms with Gasteiger partial charge in [-0.1, -0.05) is 24.3 Å². The molecule has 0 aromatic heterocycles. The molecule has 0 saturated heterocycles. The van der Waals surface area contributed by atoms with Gasteiger partial charge in [0.15, 0.2) is 0 Å². The molecule has 0 spiro atoms. The number of imide groups is 1. The van der Waals surface area contributed by atoms with Gasteiger partial charge < -0.3 is 5.11 Å². The van der Waals surface area contributed by atoms with Crippen LogP contribution in [-0.4, -0.2) is 44.5 Å². The van der Waals surface area contributed by atoms with E-state index in [-0.39, 0.29) is 27.5 Å². The average molecular weight is 372 g/mol. The summed E-state index contributed by atoms with van der Waals surface area (Å²) in [4.78, 5) is 48.1. The van der Waals surface area contributed by atoms with E-state index in [0.29, 0.717) is 4.90 Å². The molecule has 132 valence electrons. The average Bonchev–Trinajstić information content (AvgIpc) is 2.87. The molecule has 8 nitrogen and oxygen atoms in total. The number of para-hydroxylation sites is 1. The lowest BCUT2D eigenvalue weighted by Gasteiger charge is -2.22. The van der Waals surface area contributed by atoms with Gasteiger partial charge in [-0.05, 0) is 18.2 Å². The van der Waals surface area contributed by atoms with Gasteiger partial charge in [0.2, 0.25) is 0 Å². The van der Waals surface area contributed by atoms with Crippen LogP contribution >= 0.6 is 11.8 Å². The quantitative estimate of drug-likeness (QED) is 0.358. The Hall–Kier alpha value is -3.20. The molecule has 0 unspecified atom stereocenters. The zero-order valence-electron chi connectivity index (χ0n) is 13.2. The minimum Gasteiger partial charge on any atom is -0.480 e. The Labute approximate surface area is 151 Å². The summed E-state index contributed by atoms with van der Waals surface area (Å²) >= 11 is 0.913. The molecule has 0 bridgehead atoms. The van der Waals surface area contributed by atoms with E-state index in [1.54, 1.807) is 18.2 Å². The van der Waals surface area contributed by atoms with Crippen LogP contribution in [-0.2, 0) is 4.79 Å². The third-order valence-electron chi connectivity index (χ3n) is 3.88. The van der Waals surface area contributed by atoms with Gasteiger partial charge in [-0.15, -0.1) is 11.8 Å². The Bertz CT molecular complexity index is 894. The Morgan fingerprint density at radius 2 is 1.62 bits per heavy atom. The van der Waals surface area contributed by atoms with Crippen molar-refractivity contribution in [2.24, 2.45) is 0 Å². The normalized spacial score (nSPS) is 14.2. The summed E-state index contributed by atoms with van der Waals surface area (Å²) in [5.74, 6) is -2.92. The predicted octanol–water partition coefficient (Wildman–Crippen LogP) is 2.44. The summed E-state index contributed by atoms with van der Waals surface area (Å²) in [6, 6.07) is 10.6. The number of carboxylic acid groups (broad SMARTS) is 1. The fraction of sp³-hybridized carbons (Fsp3) is 0.118. The first-order chi connectivity index (χ1) is 12.4. The van der Waals surface area contributed by atoms with Crippen molar-refractivity contribution < 1.29 is 24.4 Å². The number of nitro benzene ring substituents is 1. The van der Waals surface area contributed by atoms with Gasteiger partial charge in [-0.25, -0.2) is 4.79 Å². The third-order valence-corrected chi connectivity index (χ3v) is 5.02. The zero-order chi connectivity index (χ0) is 18.8. The number of fused-ring (bicyclic) bond motifs is 1. The maximum atomic E-state index is 12.5. The van der Waals surface area contributed by atoms with Gasteiger partial charge in [0.05, 0.1) is 20.9 Å². The Morgan fingerprint density at radius 3 is 2.15 bits per heavy atom. The van der Waals surface area contributed by atoms with E-state index in [9.17, 15) is 29.6 Å². The largest absolute Gasteiger partial charge is 0.480 e. The van der Waals surface area contributed by atoms with Crippen LogP contribution in [0.25, 0.3) is 0 Å². The first kappa shape index (κ1) is 17.6. The first-order valence-corrected chi connectivity index (χ1v) is 8.46. The monoisotopic (exact) mass is 372 g/mol. The van der Waals surface area contributed by atoms with Crippen LogP contribution in [0.3, 0.4) is 0 Å². The van der Waals surface area contributed by atoms with E-state index in [4.69, 9.17) is 0 Å². The van der Waals surface area contributed by atoms with Crippen molar-refractivity contribution in [3.05, 3.63) is 69.8 Å². The number of hydrogen-bond donors (Lipinski definition) is 1. The second kappa shape index (κ2) is 6.96. The molecule has 9 heteroatoms. The van der Waals surface area contributed by atoms with Crippen molar-refractivity contribution in [3.63, 3.8) is 0 Å². The van der Waals surface area contributed by atoms with Crippen molar-refractivity contribution in [1.29, 1.82) is 0 Å². The van der Waals surface area contributed by atoms with Crippen LogP contribution in [0.1, 0.15) is 20.7 Å². The first-order valence-electron chi connectivity index (χ1n) is 7.47. The lowest BCUT2D eigenvalue weighted by atomic mass is 10.1. The number of hydrogen-bond acceptors (Lipinski definition) is 6. The maximum absolute atomic E-state index is 12.5. The molecule has 3 rings (SSSR count). The maximum Gasteiger partial charge on any atom is 0.327 e. The minimum atomic E-state index is -1.44. The SMILES string of the molecule is O=C(O)[C@H](CSc1ccccc1[N+](=O)[O-])N1C(=O)c2ccccc2C1=O. The molecule has 1 N–H and O–H groups in total. The summed E-state index contributed by atoms with van der Waals surface area (Å²) in [6.45, 7) is 0. The summed E-state index contributed by atoms with van der Waals surface area (Å²) in [7, 11) is 0. The van der Waals surface area contributed by atoms with Gasteiger partial charge >= 0.3 is 5.97 Å². The molecule has 2 amide bonds. The van der Waals surface area contributed by atoms with Crippen LogP contribution in [0.5, 0.6) is 0 Å². The molecular weight excluding hydrogens is 360 g/mol. The molecule has 1 heterocycles. The number of thioether (sulfide) groups is 1. The Kier molecular flexibility index (Phi) is 4.72. The second-order valence-corrected chi connectivity index (χ2v) is 6.48. The van der Waals surface area contributed by atoms with Crippen molar-refractivity contribution >= 4 is 35.2 Å². The fourth-order valence-electron chi connectivity index (χ4n) is 2.65. The van der Waals surface area contributed by atoms with Crippen LogP contribution in [0.2, 0.25) is 0 Å². The van der Waals surface area contributed by atoms with Crippen molar-refractivity contribution in [1.82, 2.24) is 4.90 Å². The molecule has 2 aromatic rings. The third kappa shape index (κ3) is 3.04. The van der Waals surface area contributed by atoms with E-state index < -0.39 is 28.7 Å². The molecule has 26 heavy (non-hydrogen) atoms. The Balaban J connectivity index is 1.86. The summed E-state index contributed by atoms with van der Waals surface area (Å²) in [5.41, 5.74) is 0.142. The number of carboxylic acids is 1. The van der Waals surface area contributed by atoms with Crippen molar-refractivity contribution in [2.75, 3.05) is 5.75 Å². The van der Waals surface area contributed by atoms with E-state index in [1.807, 2.05) is 0 Å². The van der Waals surface area contributed by atoms with Gasteiger partial charge in [0.1, 0.15) is 6.04 Å². The minimum absolute atomic E-state index is 0.152. The van der Waals surface area contributed by atoms with Crippen LogP contribution < -0.4 is 0 Å². The number of aliphatic carboxylic acids is 1. The highest BCUT2D eigenvalue weighted by atomic mass is 32.2. The van der Waals surface area contributed by atoms with E-state index >= 15 is 0 Å². The van der Waals surface area contributed by atoms with Gasteiger partial charge in [0, 0.05) is 11.8 Å².